The van der Waals surface area contributed by atoms with Crippen LogP contribution in [0, 0.1) is 0 Å². The summed E-state index contributed by atoms with van der Waals surface area (Å²) in [5.41, 5.74) is 0. The summed E-state index contributed by atoms with van der Waals surface area (Å²) < 4.78 is 14.3. The van der Waals surface area contributed by atoms with Gasteiger partial charge >= 0.3 is 10.3 Å². The number of rotatable bonds is 0. The number of carboxylic acids is 2. The molecular weight excluding hydrogens is 265 g/mol. The van der Waals surface area contributed by atoms with E-state index in [1.807, 2.05) is 0 Å². The van der Waals surface area contributed by atoms with E-state index >= 15 is 0 Å². The van der Waals surface area contributed by atoms with Crippen molar-refractivity contribution in [2.24, 2.45) is 0 Å². The largest absolute Gasteiger partial charge is 0.481 e. The zero-order valence-corrected chi connectivity index (χ0v) is 8.49. The van der Waals surface area contributed by atoms with E-state index in [0.717, 1.165) is 13.8 Å². The SMILES string of the molecule is CC(=O)O.CC(=O)O.[3H][PH+]=O.[Pd]. The van der Waals surface area contributed by atoms with Gasteiger partial charge in [0, 0.05) is 34.3 Å². The predicted octanol–water partition coefficient (Wildman–Crippen LogP) is 0.386. The van der Waals surface area contributed by atoms with Gasteiger partial charge in [0.25, 0.3) is 11.9 Å². The zero-order valence-electron chi connectivity index (χ0n) is 6.94. The second kappa shape index (κ2) is 22.6. The maximum atomic E-state index is 9.00. The topological polar surface area (TPSA) is 91.7 Å². The average molecular weight is 278 g/mol. The minimum atomic E-state index is -0.917. The van der Waals surface area contributed by atoms with Crippen LogP contribution in [0.15, 0.2) is 0 Å². The first kappa shape index (κ1) is 17.0. The Bertz CT molecular complexity index is 111. The predicted molar refractivity (Wildman–Crippen MR) is 37.0 cm³/mol. The Kier molecular flexibility index (Phi) is 34.9. The van der Waals surface area contributed by atoms with Gasteiger partial charge in [-0.05, 0) is 0 Å². The fourth-order valence-electron chi connectivity index (χ4n) is 0. The summed E-state index contributed by atoms with van der Waals surface area (Å²) in [4.78, 5) is 18.0. The van der Waals surface area contributed by atoms with Crippen molar-refractivity contribution in [2.75, 3.05) is 0 Å². The molecule has 0 saturated heterocycles. The summed E-state index contributed by atoms with van der Waals surface area (Å²) in [7, 11) is -0.917. The Morgan fingerprint density at radius 1 is 1.27 bits per heavy atom. The van der Waals surface area contributed by atoms with Crippen LogP contribution in [0.1, 0.15) is 13.8 Å². The number of hydrogen-bond donors (Lipinski definition) is 2. The molecule has 5 nitrogen and oxygen atoms in total. The molecule has 0 aliphatic heterocycles. The van der Waals surface area contributed by atoms with Crippen molar-refractivity contribution in [3.8, 4) is 0 Å². The van der Waals surface area contributed by atoms with Crippen LogP contribution in [0.5, 0.6) is 0 Å². The molecular formula is C4H10O5PPd+. The molecule has 0 radical (unpaired) electrons. The van der Waals surface area contributed by atoms with Gasteiger partial charge in [0.2, 0.25) is 0 Å². The zero-order chi connectivity index (χ0) is 9.86. The minimum absolute atomic E-state index is 0. The Balaban J connectivity index is -0.0000000389. The van der Waals surface area contributed by atoms with Crippen LogP contribution in [0.25, 0.3) is 0 Å². The average Bonchev–Trinajstić information content (AvgIpc) is 1.60. The Hall–Kier alpha value is -0.298. The van der Waals surface area contributed by atoms with Gasteiger partial charge < -0.3 is 10.2 Å². The third kappa shape index (κ3) is 6500. The van der Waals surface area contributed by atoms with E-state index in [-0.39, 0.29) is 20.4 Å². The van der Waals surface area contributed by atoms with E-state index in [1.54, 1.807) is 0 Å². The Morgan fingerprint density at radius 3 is 1.27 bits per heavy atom. The number of hydrogen-bond acceptors (Lipinski definition) is 3. The third-order valence-corrected chi connectivity index (χ3v) is 0. The summed E-state index contributed by atoms with van der Waals surface area (Å²) in [6, 6.07) is 0. The standard InChI is InChI=1S/2C2H4O2.H2OP.Pd/c2*1-2(3)4;1-2;/h2*1H3,(H,3,4);2H2;/q;;+1;/i;;2T;. The first-order valence-electron chi connectivity index (χ1n) is 2.56. The molecule has 0 heterocycles. The van der Waals surface area contributed by atoms with Crippen LogP contribution in [0.4, 0.5) is 0 Å². The summed E-state index contributed by atoms with van der Waals surface area (Å²) in [5, 5.41) is 14.8. The van der Waals surface area contributed by atoms with Crippen molar-refractivity contribution in [2.45, 2.75) is 13.8 Å². The number of carboxylic acid groups (broad SMARTS) is 2. The third-order valence-electron chi connectivity index (χ3n) is 0. The number of aliphatic carboxylic acids is 2. The van der Waals surface area contributed by atoms with E-state index in [4.69, 9.17) is 25.6 Å². The first-order chi connectivity index (χ1) is 4.88. The van der Waals surface area contributed by atoms with E-state index in [2.05, 4.69) is 0 Å². The van der Waals surface area contributed by atoms with Gasteiger partial charge in [-0.25, -0.2) is 0 Å². The van der Waals surface area contributed by atoms with E-state index in [1.165, 1.54) is 0 Å². The van der Waals surface area contributed by atoms with Crippen molar-refractivity contribution >= 4 is 21.0 Å². The van der Waals surface area contributed by atoms with Gasteiger partial charge in [-0.3, -0.25) is 9.59 Å². The molecule has 0 saturated carbocycles. The monoisotopic (exact) mass is 277 g/mol. The molecule has 7 heteroatoms. The molecule has 1 unspecified atom stereocenters. The molecule has 11 heavy (non-hydrogen) atoms. The van der Waals surface area contributed by atoms with Crippen LogP contribution in [-0.4, -0.2) is 23.4 Å². The molecule has 70 valence electrons. The fourth-order valence-corrected chi connectivity index (χ4v) is 0. The van der Waals surface area contributed by atoms with Gasteiger partial charge in [-0.1, -0.05) is 4.57 Å². The summed E-state index contributed by atoms with van der Waals surface area (Å²) in [6.45, 7) is 2.17. The summed E-state index contributed by atoms with van der Waals surface area (Å²) >= 11 is 0. The van der Waals surface area contributed by atoms with E-state index in [9.17, 15) is 0 Å². The smallest absolute Gasteiger partial charge is 0.385 e. The summed E-state index contributed by atoms with van der Waals surface area (Å²) in [6.07, 6.45) is 0. The first-order valence-corrected chi connectivity index (χ1v) is 2.47. The molecule has 0 amide bonds. The van der Waals surface area contributed by atoms with Gasteiger partial charge in [-0.2, -0.15) is 0 Å². The Labute approximate surface area is 81.4 Å². The number of carbonyl (C=O) groups is 2. The molecule has 0 bridgehead atoms. The van der Waals surface area contributed by atoms with Crippen LogP contribution in [-0.2, 0) is 34.6 Å². The van der Waals surface area contributed by atoms with Gasteiger partial charge in [0.05, 0.1) is 0 Å². The maximum Gasteiger partial charge on any atom is 0.385 e. The van der Waals surface area contributed by atoms with Crippen molar-refractivity contribution in [1.29, 1.82) is 1.28 Å². The molecule has 2 N–H and O–H groups in total. The van der Waals surface area contributed by atoms with Crippen LogP contribution in [0.3, 0.4) is 0 Å². The summed E-state index contributed by atoms with van der Waals surface area (Å²) in [5.74, 6) is -1.67. The van der Waals surface area contributed by atoms with E-state index < -0.39 is 21.0 Å². The Morgan fingerprint density at radius 2 is 1.27 bits per heavy atom. The van der Waals surface area contributed by atoms with Crippen LogP contribution >= 0.6 is 9.06 Å². The van der Waals surface area contributed by atoms with Crippen molar-refractivity contribution in [3.63, 3.8) is 0 Å². The van der Waals surface area contributed by atoms with Crippen LogP contribution in [0.2, 0.25) is 0 Å². The fraction of sp³-hybridized carbons (Fsp3) is 0.500. The second-order valence-electron chi connectivity index (χ2n) is 1.04. The molecule has 0 aliphatic rings. The van der Waals surface area contributed by atoms with Gasteiger partial charge in [0.15, 0.2) is 0 Å². The molecule has 0 aliphatic carbocycles. The molecule has 1 atom stereocenters. The quantitative estimate of drug-likeness (QED) is 0.493. The normalized spacial score (nSPS) is 6.55. The minimum Gasteiger partial charge on any atom is -0.481 e. The second-order valence-corrected chi connectivity index (χ2v) is 1.04. The van der Waals surface area contributed by atoms with Crippen molar-refractivity contribution < 1.29 is 44.8 Å². The van der Waals surface area contributed by atoms with Crippen LogP contribution < -0.4 is 0 Å². The van der Waals surface area contributed by atoms with Gasteiger partial charge in [-0.15, -0.1) is 0 Å². The van der Waals surface area contributed by atoms with E-state index in [0.29, 0.717) is 0 Å². The molecule has 0 spiro atoms. The molecule has 0 rings (SSSR count). The molecule has 0 fully saturated rings. The van der Waals surface area contributed by atoms with Crippen molar-refractivity contribution in [3.05, 3.63) is 0 Å². The van der Waals surface area contributed by atoms with Gasteiger partial charge in [0.1, 0.15) is 0 Å². The molecule has 0 aromatic rings. The van der Waals surface area contributed by atoms with Crippen molar-refractivity contribution in [1.82, 2.24) is 0 Å². The maximum absolute atomic E-state index is 9.00. The molecule has 0 aromatic heterocycles. The molecule has 0 aromatic carbocycles.